The summed E-state index contributed by atoms with van der Waals surface area (Å²) in [6, 6.07) is 0.354. The number of hydrogen-bond donors (Lipinski definition) is 1. The summed E-state index contributed by atoms with van der Waals surface area (Å²) in [5, 5.41) is 7.43. The molecular weight excluding hydrogens is 206 g/mol. The average molecular weight is 227 g/mol. The van der Waals surface area contributed by atoms with Crippen LogP contribution >= 0.6 is 0 Å². The predicted molar refractivity (Wildman–Crippen MR) is 62.7 cm³/mol. The third kappa shape index (κ3) is 4.63. The van der Waals surface area contributed by atoms with Crippen LogP contribution in [0.25, 0.3) is 0 Å². The molecule has 1 unspecified atom stereocenters. The number of aryl methyl sites for hydroxylation is 1. The molecule has 1 rings (SSSR count). The summed E-state index contributed by atoms with van der Waals surface area (Å²) >= 11 is 0. The van der Waals surface area contributed by atoms with E-state index in [1.54, 1.807) is 13.3 Å². The number of nitrogens with one attached hydrogen (secondary N) is 1. The zero-order valence-electron chi connectivity index (χ0n) is 10.3. The summed E-state index contributed by atoms with van der Waals surface area (Å²) in [5.74, 6) is 0.822. The van der Waals surface area contributed by atoms with Gasteiger partial charge in [0.15, 0.2) is 5.75 Å². The molecular formula is C11H21N3O2. The second kappa shape index (κ2) is 7.24. The number of ether oxygens (including phenoxy) is 2. The Bertz CT molecular complexity index is 289. The normalized spacial score (nSPS) is 12.7. The van der Waals surface area contributed by atoms with Gasteiger partial charge in [-0.25, -0.2) is 0 Å². The van der Waals surface area contributed by atoms with Crippen LogP contribution < -0.4 is 10.1 Å². The summed E-state index contributed by atoms with van der Waals surface area (Å²) in [6.45, 7) is 7.16. The molecule has 0 aliphatic rings. The van der Waals surface area contributed by atoms with Crippen LogP contribution in [0.1, 0.15) is 13.8 Å². The molecule has 0 saturated heterocycles. The molecule has 5 heteroatoms. The van der Waals surface area contributed by atoms with Crippen LogP contribution in [-0.2, 0) is 11.3 Å². The number of hydrogen-bond acceptors (Lipinski definition) is 4. The first-order valence-electron chi connectivity index (χ1n) is 5.63. The molecule has 0 spiro atoms. The predicted octanol–water partition coefficient (Wildman–Crippen LogP) is 0.906. The van der Waals surface area contributed by atoms with Crippen molar-refractivity contribution >= 4 is 0 Å². The summed E-state index contributed by atoms with van der Waals surface area (Å²) in [6.07, 6.45) is 3.64. The van der Waals surface area contributed by atoms with Crippen LogP contribution in [0.15, 0.2) is 12.4 Å². The molecule has 1 N–H and O–H groups in total. The van der Waals surface area contributed by atoms with Gasteiger partial charge in [-0.3, -0.25) is 4.68 Å². The number of methoxy groups -OCH3 is 1. The highest BCUT2D eigenvalue weighted by Gasteiger charge is 2.00. The van der Waals surface area contributed by atoms with Crippen molar-refractivity contribution in [1.29, 1.82) is 0 Å². The Labute approximate surface area is 96.7 Å². The van der Waals surface area contributed by atoms with Crippen LogP contribution in [-0.4, -0.2) is 42.7 Å². The molecule has 1 aromatic heterocycles. The molecule has 0 aliphatic heterocycles. The molecule has 1 aromatic rings. The molecule has 0 bridgehead atoms. The maximum atomic E-state index is 5.53. The molecule has 0 saturated carbocycles. The van der Waals surface area contributed by atoms with Crippen molar-refractivity contribution in [2.75, 3.05) is 26.9 Å². The molecule has 0 amide bonds. The third-order valence-corrected chi connectivity index (χ3v) is 2.21. The Balaban J connectivity index is 2.11. The largest absolute Gasteiger partial charge is 0.489 e. The summed E-state index contributed by atoms with van der Waals surface area (Å²) in [4.78, 5) is 0. The molecule has 1 heterocycles. The van der Waals surface area contributed by atoms with Gasteiger partial charge in [0.25, 0.3) is 0 Å². The maximum absolute atomic E-state index is 5.53. The minimum absolute atomic E-state index is 0.354. The van der Waals surface area contributed by atoms with Crippen LogP contribution in [0.5, 0.6) is 5.75 Å². The number of nitrogens with zero attached hydrogens (tertiary/aromatic N) is 2. The van der Waals surface area contributed by atoms with E-state index in [0.717, 1.165) is 18.8 Å². The van der Waals surface area contributed by atoms with E-state index in [9.17, 15) is 0 Å². The zero-order chi connectivity index (χ0) is 11.8. The van der Waals surface area contributed by atoms with Crippen molar-refractivity contribution in [3.63, 3.8) is 0 Å². The van der Waals surface area contributed by atoms with E-state index in [2.05, 4.69) is 17.3 Å². The quantitative estimate of drug-likeness (QED) is 0.671. The van der Waals surface area contributed by atoms with Crippen LogP contribution in [0.4, 0.5) is 0 Å². The summed E-state index contributed by atoms with van der Waals surface area (Å²) < 4.78 is 12.4. The molecule has 16 heavy (non-hydrogen) atoms. The lowest BCUT2D eigenvalue weighted by molar-refractivity contribution is 0.169. The topological polar surface area (TPSA) is 48.3 Å². The Morgan fingerprint density at radius 1 is 1.56 bits per heavy atom. The van der Waals surface area contributed by atoms with Crippen molar-refractivity contribution in [1.82, 2.24) is 15.1 Å². The minimum atomic E-state index is 0.354. The van der Waals surface area contributed by atoms with Gasteiger partial charge in [-0.2, -0.15) is 5.10 Å². The lowest BCUT2D eigenvalue weighted by Gasteiger charge is -2.12. The highest BCUT2D eigenvalue weighted by molar-refractivity contribution is 5.11. The molecule has 0 aromatic carbocycles. The van der Waals surface area contributed by atoms with E-state index >= 15 is 0 Å². The molecule has 0 aliphatic carbocycles. The van der Waals surface area contributed by atoms with Gasteiger partial charge in [-0.15, -0.1) is 0 Å². The zero-order valence-corrected chi connectivity index (χ0v) is 10.3. The molecule has 92 valence electrons. The highest BCUT2D eigenvalue weighted by Crippen LogP contribution is 2.07. The van der Waals surface area contributed by atoms with E-state index in [1.807, 2.05) is 17.8 Å². The monoisotopic (exact) mass is 227 g/mol. The van der Waals surface area contributed by atoms with Gasteiger partial charge in [0.2, 0.25) is 0 Å². The third-order valence-electron chi connectivity index (χ3n) is 2.21. The Hall–Kier alpha value is -1.07. The highest BCUT2D eigenvalue weighted by atomic mass is 16.5. The van der Waals surface area contributed by atoms with E-state index < -0.39 is 0 Å². The number of rotatable bonds is 8. The van der Waals surface area contributed by atoms with Crippen molar-refractivity contribution < 1.29 is 9.47 Å². The van der Waals surface area contributed by atoms with Gasteiger partial charge in [0.05, 0.1) is 19.0 Å². The Morgan fingerprint density at radius 3 is 3.00 bits per heavy atom. The molecule has 5 nitrogen and oxygen atoms in total. The first kappa shape index (κ1) is 13.0. The molecule has 0 radical (unpaired) electrons. The van der Waals surface area contributed by atoms with Gasteiger partial charge in [0.1, 0.15) is 6.61 Å². The van der Waals surface area contributed by atoms with Crippen molar-refractivity contribution in [2.24, 2.45) is 0 Å². The van der Waals surface area contributed by atoms with Crippen LogP contribution in [0.3, 0.4) is 0 Å². The van der Waals surface area contributed by atoms with Crippen LogP contribution in [0, 0.1) is 0 Å². The first-order chi connectivity index (χ1) is 7.76. The Kier molecular flexibility index (Phi) is 5.88. The fraction of sp³-hybridized carbons (Fsp3) is 0.727. The molecule has 0 fully saturated rings. The van der Waals surface area contributed by atoms with Gasteiger partial charge >= 0.3 is 0 Å². The van der Waals surface area contributed by atoms with E-state index in [4.69, 9.17) is 9.47 Å². The lowest BCUT2D eigenvalue weighted by Crippen LogP contribution is -2.33. The van der Waals surface area contributed by atoms with Crippen molar-refractivity contribution in [3.8, 4) is 5.75 Å². The van der Waals surface area contributed by atoms with Crippen LogP contribution in [0.2, 0.25) is 0 Å². The smallest absolute Gasteiger partial charge is 0.157 e. The first-order valence-corrected chi connectivity index (χ1v) is 5.63. The average Bonchev–Trinajstić information content (AvgIpc) is 2.73. The van der Waals surface area contributed by atoms with E-state index in [0.29, 0.717) is 19.3 Å². The lowest BCUT2D eigenvalue weighted by atomic mass is 10.3. The van der Waals surface area contributed by atoms with E-state index in [-0.39, 0.29) is 0 Å². The molecule has 1 atom stereocenters. The van der Waals surface area contributed by atoms with Gasteiger partial charge in [0, 0.05) is 26.2 Å². The summed E-state index contributed by atoms with van der Waals surface area (Å²) in [7, 11) is 1.70. The van der Waals surface area contributed by atoms with Crippen molar-refractivity contribution in [3.05, 3.63) is 12.4 Å². The fourth-order valence-corrected chi connectivity index (χ4v) is 1.38. The van der Waals surface area contributed by atoms with Gasteiger partial charge in [-0.05, 0) is 13.8 Å². The fourth-order valence-electron chi connectivity index (χ4n) is 1.38. The SMILES string of the molecule is CCn1cc(OCCNC(C)COC)cn1. The Morgan fingerprint density at radius 2 is 2.38 bits per heavy atom. The summed E-state index contributed by atoms with van der Waals surface area (Å²) in [5.41, 5.74) is 0. The van der Waals surface area contributed by atoms with Gasteiger partial charge in [-0.1, -0.05) is 0 Å². The number of aromatic nitrogens is 2. The standard InChI is InChI=1S/C11H21N3O2/c1-4-14-8-11(7-13-14)16-6-5-12-10(2)9-15-3/h7-8,10,12H,4-6,9H2,1-3H3. The second-order valence-electron chi connectivity index (χ2n) is 3.69. The van der Waals surface area contributed by atoms with E-state index in [1.165, 1.54) is 0 Å². The minimum Gasteiger partial charge on any atom is -0.489 e. The second-order valence-corrected chi connectivity index (χ2v) is 3.69. The van der Waals surface area contributed by atoms with Crippen molar-refractivity contribution in [2.45, 2.75) is 26.4 Å². The maximum Gasteiger partial charge on any atom is 0.157 e. The van der Waals surface area contributed by atoms with Gasteiger partial charge < -0.3 is 14.8 Å².